The first-order valence-electron chi connectivity index (χ1n) is 5.80. The van der Waals surface area contributed by atoms with Gasteiger partial charge in [-0.15, -0.1) is 0 Å². The SMILES string of the molecule is CN(Cc1ccoc1)C(=O)c1c(F)ccc([N+](=O)[O-])c1F. The summed E-state index contributed by atoms with van der Waals surface area (Å²) < 4.78 is 32.4. The normalized spacial score (nSPS) is 10.4. The number of hydrogen-bond donors (Lipinski definition) is 0. The van der Waals surface area contributed by atoms with Crippen molar-refractivity contribution in [1.82, 2.24) is 4.90 Å². The van der Waals surface area contributed by atoms with E-state index in [0.29, 0.717) is 17.7 Å². The standard InChI is InChI=1S/C13H10F2N2O4/c1-16(6-8-4-5-21-7-8)13(18)11-9(14)2-3-10(12(11)15)17(19)20/h2-5,7H,6H2,1H3. The summed E-state index contributed by atoms with van der Waals surface area (Å²) in [6.45, 7) is 0.0525. The van der Waals surface area contributed by atoms with E-state index in [4.69, 9.17) is 4.42 Å². The molecule has 2 rings (SSSR count). The number of carbonyl (C=O) groups is 1. The lowest BCUT2D eigenvalue weighted by atomic mass is 10.1. The number of benzene rings is 1. The Hall–Kier alpha value is -2.77. The predicted octanol–water partition coefficient (Wildman–Crippen LogP) is 2.74. The second kappa shape index (κ2) is 5.70. The van der Waals surface area contributed by atoms with Gasteiger partial charge in [0, 0.05) is 25.2 Å². The van der Waals surface area contributed by atoms with Gasteiger partial charge >= 0.3 is 5.69 Å². The van der Waals surface area contributed by atoms with Gasteiger partial charge in [0.1, 0.15) is 11.4 Å². The zero-order valence-corrected chi connectivity index (χ0v) is 10.9. The maximum Gasteiger partial charge on any atom is 0.305 e. The van der Waals surface area contributed by atoms with E-state index in [-0.39, 0.29) is 6.54 Å². The van der Waals surface area contributed by atoms with Crippen molar-refractivity contribution in [3.8, 4) is 0 Å². The molecule has 0 N–H and O–H groups in total. The quantitative estimate of drug-likeness (QED) is 0.642. The monoisotopic (exact) mass is 296 g/mol. The van der Waals surface area contributed by atoms with Crippen molar-refractivity contribution in [2.24, 2.45) is 0 Å². The molecule has 0 saturated carbocycles. The molecule has 0 saturated heterocycles. The van der Waals surface area contributed by atoms with Crippen LogP contribution in [0.25, 0.3) is 0 Å². The first-order valence-corrected chi connectivity index (χ1v) is 5.80. The van der Waals surface area contributed by atoms with Gasteiger partial charge in [-0.05, 0) is 12.1 Å². The summed E-state index contributed by atoms with van der Waals surface area (Å²) in [5.41, 5.74) is -1.27. The topological polar surface area (TPSA) is 76.6 Å². The molecule has 0 spiro atoms. The van der Waals surface area contributed by atoms with Crippen LogP contribution in [0.1, 0.15) is 15.9 Å². The molecule has 0 aliphatic rings. The van der Waals surface area contributed by atoms with Crippen LogP contribution in [0.15, 0.2) is 35.1 Å². The van der Waals surface area contributed by atoms with Crippen LogP contribution in [0.3, 0.4) is 0 Å². The Balaban J connectivity index is 2.34. The van der Waals surface area contributed by atoms with Crippen molar-refractivity contribution in [2.75, 3.05) is 7.05 Å². The molecule has 0 radical (unpaired) electrons. The first kappa shape index (κ1) is 14.6. The van der Waals surface area contributed by atoms with Crippen LogP contribution in [-0.4, -0.2) is 22.8 Å². The lowest BCUT2D eigenvalue weighted by Crippen LogP contribution is -2.28. The Morgan fingerprint density at radius 1 is 1.38 bits per heavy atom. The van der Waals surface area contributed by atoms with Gasteiger partial charge in [-0.25, -0.2) is 4.39 Å². The van der Waals surface area contributed by atoms with E-state index in [1.54, 1.807) is 6.07 Å². The van der Waals surface area contributed by atoms with Gasteiger partial charge in [-0.3, -0.25) is 14.9 Å². The van der Waals surface area contributed by atoms with Gasteiger partial charge in [-0.2, -0.15) is 4.39 Å². The van der Waals surface area contributed by atoms with Crippen molar-refractivity contribution in [1.29, 1.82) is 0 Å². The highest BCUT2D eigenvalue weighted by atomic mass is 19.1. The highest BCUT2D eigenvalue weighted by Gasteiger charge is 2.28. The van der Waals surface area contributed by atoms with Crippen LogP contribution in [0.5, 0.6) is 0 Å². The van der Waals surface area contributed by atoms with E-state index < -0.39 is 33.7 Å². The fraction of sp³-hybridized carbons (Fsp3) is 0.154. The van der Waals surface area contributed by atoms with Gasteiger partial charge in [-0.1, -0.05) is 0 Å². The number of carbonyl (C=O) groups excluding carboxylic acids is 1. The Bertz CT molecular complexity index is 686. The average Bonchev–Trinajstić information content (AvgIpc) is 2.90. The number of furan rings is 1. The third kappa shape index (κ3) is 2.88. The number of halogens is 2. The molecular weight excluding hydrogens is 286 g/mol. The molecule has 1 amide bonds. The molecule has 0 aliphatic heterocycles. The molecule has 1 aromatic heterocycles. The summed E-state index contributed by atoms with van der Waals surface area (Å²) in [6, 6.07) is 2.96. The zero-order chi connectivity index (χ0) is 15.6. The van der Waals surface area contributed by atoms with E-state index in [0.717, 1.165) is 4.90 Å². The fourth-order valence-corrected chi connectivity index (χ4v) is 1.80. The van der Waals surface area contributed by atoms with E-state index in [1.165, 1.54) is 19.6 Å². The Kier molecular flexibility index (Phi) is 3.97. The van der Waals surface area contributed by atoms with Gasteiger partial charge in [0.05, 0.1) is 17.4 Å². The summed E-state index contributed by atoms with van der Waals surface area (Å²) >= 11 is 0. The highest BCUT2D eigenvalue weighted by Crippen LogP contribution is 2.24. The molecule has 1 heterocycles. The summed E-state index contributed by atoms with van der Waals surface area (Å²) in [5, 5.41) is 10.6. The molecule has 6 nitrogen and oxygen atoms in total. The predicted molar refractivity (Wildman–Crippen MR) is 67.5 cm³/mol. The van der Waals surface area contributed by atoms with Crippen molar-refractivity contribution < 1.29 is 22.9 Å². The molecule has 21 heavy (non-hydrogen) atoms. The molecule has 0 fully saturated rings. The van der Waals surface area contributed by atoms with Crippen LogP contribution in [-0.2, 0) is 6.54 Å². The van der Waals surface area contributed by atoms with Gasteiger partial charge in [0.2, 0.25) is 5.82 Å². The minimum absolute atomic E-state index is 0.0525. The molecule has 0 atom stereocenters. The smallest absolute Gasteiger partial charge is 0.305 e. The first-order chi connectivity index (χ1) is 9.91. The summed E-state index contributed by atoms with van der Waals surface area (Å²) in [7, 11) is 1.33. The van der Waals surface area contributed by atoms with E-state index in [2.05, 4.69) is 0 Å². The van der Waals surface area contributed by atoms with Crippen LogP contribution in [0.2, 0.25) is 0 Å². The maximum absolute atomic E-state index is 13.9. The second-order valence-electron chi connectivity index (χ2n) is 4.31. The molecule has 110 valence electrons. The average molecular weight is 296 g/mol. The largest absolute Gasteiger partial charge is 0.472 e. The number of hydrogen-bond acceptors (Lipinski definition) is 4. The summed E-state index contributed by atoms with van der Waals surface area (Å²) in [6.07, 6.45) is 2.77. The molecule has 0 unspecified atom stereocenters. The molecule has 1 aromatic carbocycles. The van der Waals surface area contributed by atoms with Crippen molar-refractivity contribution in [2.45, 2.75) is 6.54 Å². The van der Waals surface area contributed by atoms with Crippen LogP contribution in [0, 0.1) is 21.7 Å². The molecular formula is C13H10F2N2O4. The van der Waals surface area contributed by atoms with Crippen LogP contribution in [0.4, 0.5) is 14.5 Å². The van der Waals surface area contributed by atoms with Crippen LogP contribution >= 0.6 is 0 Å². The number of nitrogens with zero attached hydrogens (tertiary/aromatic N) is 2. The molecule has 0 aliphatic carbocycles. The molecule has 0 bridgehead atoms. The summed E-state index contributed by atoms with van der Waals surface area (Å²) in [4.78, 5) is 22.7. The number of rotatable bonds is 4. The Morgan fingerprint density at radius 2 is 2.10 bits per heavy atom. The molecule has 2 aromatic rings. The number of nitro benzene ring substituents is 1. The fourth-order valence-electron chi connectivity index (χ4n) is 1.80. The minimum Gasteiger partial charge on any atom is -0.472 e. The molecule has 8 heteroatoms. The van der Waals surface area contributed by atoms with Crippen molar-refractivity contribution in [3.63, 3.8) is 0 Å². The third-order valence-corrected chi connectivity index (χ3v) is 2.83. The van der Waals surface area contributed by atoms with Gasteiger partial charge in [0.15, 0.2) is 0 Å². The number of nitro groups is 1. The van der Waals surface area contributed by atoms with Gasteiger partial charge in [0.25, 0.3) is 5.91 Å². The summed E-state index contributed by atoms with van der Waals surface area (Å²) in [5.74, 6) is -3.62. The lowest BCUT2D eigenvalue weighted by molar-refractivity contribution is -0.387. The zero-order valence-electron chi connectivity index (χ0n) is 10.9. The van der Waals surface area contributed by atoms with E-state index >= 15 is 0 Å². The minimum atomic E-state index is -1.48. The Labute approximate surface area is 117 Å². The maximum atomic E-state index is 13.9. The third-order valence-electron chi connectivity index (χ3n) is 2.83. The second-order valence-corrected chi connectivity index (χ2v) is 4.31. The van der Waals surface area contributed by atoms with E-state index in [1.807, 2.05) is 0 Å². The highest BCUT2D eigenvalue weighted by molar-refractivity contribution is 5.95. The van der Waals surface area contributed by atoms with Crippen molar-refractivity contribution in [3.05, 3.63) is 63.6 Å². The Morgan fingerprint density at radius 3 is 2.67 bits per heavy atom. The van der Waals surface area contributed by atoms with Gasteiger partial charge < -0.3 is 9.32 Å². The van der Waals surface area contributed by atoms with Crippen LogP contribution < -0.4 is 0 Å². The lowest BCUT2D eigenvalue weighted by Gasteiger charge is -2.16. The number of amides is 1. The van der Waals surface area contributed by atoms with E-state index in [9.17, 15) is 23.7 Å². The van der Waals surface area contributed by atoms with Crippen molar-refractivity contribution >= 4 is 11.6 Å².